The number of nitrogen functional groups attached to an aromatic ring is 1. The predicted octanol–water partition coefficient (Wildman–Crippen LogP) is 3.82. The molecule has 7 heteroatoms. The summed E-state index contributed by atoms with van der Waals surface area (Å²) in [6.45, 7) is 0. The molecule has 33 heavy (non-hydrogen) atoms. The maximum atomic E-state index is 13.2. The Balaban J connectivity index is 1.73. The highest BCUT2D eigenvalue weighted by Gasteiger charge is 2.43. The third-order valence-electron chi connectivity index (χ3n) is 5.87. The van der Waals surface area contributed by atoms with E-state index in [0.29, 0.717) is 22.6 Å². The number of aliphatic carboxylic acids is 1. The standard InChI is InChI=1S/C26H23N3O4/c1-33-22-8-4-5-17-15-26(25(31)32,14-13-19(17)22)21-7-3-2-6-20(21)24(30)29-18-11-9-16(10-12-18)23(27)28/h2-14H,15H2,1H3,(H3,27,28)(H,29,30)(H,31,32). The largest absolute Gasteiger partial charge is 0.496 e. The maximum absolute atomic E-state index is 13.2. The molecule has 1 aliphatic rings. The summed E-state index contributed by atoms with van der Waals surface area (Å²) in [5, 5.41) is 20.6. The minimum absolute atomic E-state index is 0.0670. The van der Waals surface area contributed by atoms with Crippen molar-refractivity contribution < 1.29 is 19.4 Å². The average molecular weight is 441 g/mol. The van der Waals surface area contributed by atoms with E-state index < -0.39 is 17.3 Å². The Labute approximate surface area is 191 Å². The van der Waals surface area contributed by atoms with Gasteiger partial charge in [0.1, 0.15) is 17.0 Å². The van der Waals surface area contributed by atoms with Crippen LogP contribution in [-0.2, 0) is 16.6 Å². The van der Waals surface area contributed by atoms with Crippen LogP contribution < -0.4 is 15.8 Å². The van der Waals surface area contributed by atoms with E-state index in [2.05, 4.69) is 5.32 Å². The van der Waals surface area contributed by atoms with E-state index >= 15 is 0 Å². The molecule has 4 rings (SSSR count). The van der Waals surface area contributed by atoms with E-state index in [-0.39, 0.29) is 17.8 Å². The minimum Gasteiger partial charge on any atom is -0.496 e. The van der Waals surface area contributed by atoms with Gasteiger partial charge >= 0.3 is 5.97 Å². The van der Waals surface area contributed by atoms with Gasteiger partial charge in [0.2, 0.25) is 0 Å². The first-order chi connectivity index (χ1) is 15.9. The third kappa shape index (κ3) is 3.96. The van der Waals surface area contributed by atoms with Gasteiger partial charge in [-0.15, -0.1) is 0 Å². The van der Waals surface area contributed by atoms with E-state index in [1.54, 1.807) is 67.8 Å². The van der Waals surface area contributed by atoms with E-state index in [1.165, 1.54) is 0 Å². The second-order valence-electron chi connectivity index (χ2n) is 7.81. The number of carboxylic acid groups (broad SMARTS) is 1. The van der Waals surface area contributed by atoms with Crippen molar-refractivity contribution in [3.63, 3.8) is 0 Å². The Morgan fingerprint density at radius 2 is 1.79 bits per heavy atom. The fraction of sp³-hybridized carbons (Fsp3) is 0.115. The monoisotopic (exact) mass is 441 g/mol. The summed E-state index contributed by atoms with van der Waals surface area (Å²) in [5.41, 5.74) is 7.46. The first-order valence-corrected chi connectivity index (χ1v) is 10.3. The van der Waals surface area contributed by atoms with Crippen LogP contribution >= 0.6 is 0 Å². The van der Waals surface area contributed by atoms with Crippen LogP contribution in [0.25, 0.3) is 6.08 Å². The van der Waals surface area contributed by atoms with Gasteiger partial charge in [0.05, 0.1) is 7.11 Å². The van der Waals surface area contributed by atoms with Crippen LogP contribution in [0.15, 0.2) is 72.8 Å². The Morgan fingerprint density at radius 3 is 2.45 bits per heavy atom. The fourth-order valence-corrected chi connectivity index (χ4v) is 4.14. The van der Waals surface area contributed by atoms with Gasteiger partial charge in [-0.25, -0.2) is 0 Å². The highest BCUT2D eigenvalue weighted by molar-refractivity contribution is 6.07. The normalized spacial score (nSPS) is 16.5. The van der Waals surface area contributed by atoms with Crippen molar-refractivity contribution in [2.45, 2.75) is 11.8 Å². The molecular formula is C26H23N3O4. The second-order valence-corrected chi connectivity index (χ2v) is 7.81. The number of hydrogen-bond acceptors (Lipinski definition) is 4. The third-order valence-corrected chi connectivity index (χ3v) is 5.87. The average Bonchev–Trinajstić information content (AvgIpc) is 2.83. The van der Waals surface area contributed by atoms with Gasteiger partial charge in [0.15, 0.2) is 0 Å². The van der Waals surface area contributed by atoms with E-state index in [1.807, 2.05) is 18.2 Å². The number of methoxy groups -OCH3 is 1. The van der Waals surface area contributed by atoms with Crippen LogP contribution in [0.5, 0.6) is 5.75 Å². The number of benzene rings is 3. The Kier molecular flexibility index (Phi) is 5.70. The van der Waals surface area contributed by atoms with Crippen molar-refractivity contribution in [1.29, 1.82) is 5.41 Å². The molecule has 0 saturated carbocycles. The molecular weight excluding hydrogens is 418 g/mol. The van der Waals surface area contributed by atoms with Gasteiger partial charge in [0.25, 0.3) is 5.91 Å². The molecule has 1 amide bonds. The van der Waals surface area contributed by atoms with Crippen molar-refractivity contribution >= 4 is 29.5 Å². The number of carbonyl (C=O) groups is 2. The highest BCUT2D eigenvalue weighted by Crippen LogP contribution is 2.40. The van der Waals surface area contributed by atoms with Crippen molar-refractivity contribution in [1.82, 2.24) is 0 Å². The molecule has 0 heterocycles. The van der Waals surface area contributed by atoms with Gasteiger partial charge < -0.3 is 20.9 Å². The Morgan fingerprint density at radius 1 is 1.06 bits per heavy atom. The SMILES string of the molecule is COc1cccc2c1C=CC(C(=O)O)(c1ccccc1C(=O)Nc1ccc(C(=N)N)cc1)C2. The zero-order valence-corrected chi connectivity index (χ0v) is 18.0. The molecule has 0 bridgehead atoms. The smallest absolute Gasteiger partial charge is 0.318 e. The summed E-state index contributed by atoms with van der Waals surface area (Å²) >= 11 is 0. The lowest BCUT2D eigenvalue weighted by atomic mass is 9.70. The molecule has 1 atom stereocenters. The van der Waals surface area contributed by atoms with Crippen LogP contribution in [0.2, 0.25) is 0 Å². The summed E-state index contributed by atoms with van der Waals surface area (Å²) in [4.78, 5) is 25.8. The number of amides is 1. The van der Waals surface area contributed by atoms with Crippen LogP contribution in [0.4, 0.5) is 5.69 Å². The second kappa shape index (κ2) is 8.63. The molecule has 3 aromatic carbocycles. The minimum atomic E-state index is -1.41. The molecule has 5 N–H and O–H groups in total. The molecule has 1 unspecified atom stereocenters. The number of fused-ring (bicyclic) bond motifs is 1. The van der Waals surface area contributed by atoms with E-state index in [4.69, 9.17) is 15.9 Å². The lowest BCUT2D eigenvalue weighted by Gasteiger charge is -2.32. The number of nitrogens with one attached hydrogen (secondary N) is 2. The van der Waals surface area contributed by atoms with Gasteiger partial charge in [-0.05, 0) is 53.9 Å². The first-order valence-electron chi connectivity index (χ1n) is 10.3. The Bertz CT molecular complexity index is 1280. The number of hydrogen-bond donors (Lipinski definition) is 4. The molecule has 0 spiro atoms. The molecule has 0 aliphatic heterocycles. The number of ether oxygens (including phenoxy) is 1. The Hall–Kier alpha value is -4.39. The van der Waals surface area contributed by atoms with Crippen LogP contribution in [0.1, 0.15) is 32.6 Å². The number of nitrogens with two attached hydrogens (primary N) is 1. The van der Waals surface area contributed by atoms with Gasteiger partial charge in [0, 0.05) is 22.4 Å². The zero-order chi connectivity index (χ0) is 23.6. The number of carboxylic acids is 1. The van der Waals surface area contributed by atoms with Crippen LogP contribution in [-0.4, -0.2) is 29.9 Å². The lowest BCUT2D eigenvalue weighted by Crippen LogP contribution is -2.39. The summed E-state index contributed by atoms with van der Waals surface area (Å²) < 4.78 is 5.41. The van der Waals surface area contributed by atoms with Gasteiger partial charge in [-0.3, -0.25) is 15.0 Å². The van der Waals surface area contributed by atoms with E-state index in [9.17, 15) is 14.7 Å². The van der Waals surface area contributed by atoms with Crippen molar-refractivity contribution in [2.24, 2.45) is 5.73 Å². The number of amidine groups is 1. The van der Waals surface area contributed by atoms with E-state index in [0.717, 1.165) is 11.1 Å². The molecule has 3 aromatic rings. The lowest BCUT2D eigenvalue weighted by molar-refractivity contribution is -0.141. The summed E-state index contributed by atoms with van der Waals surface area (Å²) in [6.07, 6.45) is 3.57. The molecule has 166 valence electrons. The van der Waals surface area contributed by atoms with Gasteiger partial charge in [-0.2, -0.15) is 0 Å². The number of rotatable bonds is 6. The maximum Gasteiger partial charge on any atom is 0.318 e. The molecule has 7 nitrogen and oxygen atoms in total. The van der Waals surface area contributed by atoms with Gasteiger partial charge in [-0.1, -0.05) is 42.5 Å². The number of carbonyl (C=O) groups excluding carboxylic acids is 1. The van der Waals surface area contributed by atoms with Crippen molar-refractivity contribution in [3.8, 4) is 5.75 Å². The molecule has 0 radical (unpaired) electrons. The first kappa shape index (κ1) is 21.8. The zero-order valence-electron chi connectivity index (χ0n) is 18.0. The molecule has 1 aliphatic carbocycles. The quantitative estimate of drug-likeness (QED) is 0.342. The topological polar surface area (TPSA) is 125 Å². The molecule has 0 saturated heterocycles. The molecule has 0 aromatic heterocycles. The summed E-state index contributed by atoms with van der Waals surface area (Å²) in [7, 11) is 1.57. The molecule has 0 fully saturated rings. The fourth-order valence-electron chi connectivity index (χ4n) is 4.14. The van der Waals surface area contributed by atoms with Crippen LogP contribution in [0.3, 0.4) is 0 Å². The van der Waals surface area contributed by atoms with Crippen molar-refractivity contribution in [2.75, 3.05) is 12.4 Å². The van der Waals surface area contributed by atoms with Crippen LogP contribution in [0, 0.1) is 5.41 Å². The highest BCUT2D eigenvalue weighted by atomic mass is 16.5. The predicted molar refractivity (Wildman–Crippen MR) is 127 cm³/mol. The summed E-state index contributed by atoms with van der Waals surface area (Å²) in [5.74, 6) is -0.865. The summed E-state index contributed by atoms with van der Waals surface area (Å²) in [6, 6.07) is 18.8. The van der Waals surface area contributed by atoms with Crippen molar-refractivity contribution in [3.05, 3.63) is 101 Å². The number of anilines is 1.